The highest BCUT2D eigenvalue weighted by atomic mass is 16.2. The largest absolute Gasteiger partial charge is 0.355 e. The third kappa shape index (κ3) is 3.96. The van der Waals surface area contributed by atoms with Crippen LogP contribution in [0.5, 0.6) is 0 Å². The first-order chi connectivity index (χ1) is 11.6. The molecule has 0 unspecified atom stereocenters. The van der Waals surface area contributed by atoms with Gasteiger partial charge in [0.05, 0.1) is 6.54 Å². The normalized spacial score (nSPS) is 25.9. The number of carbonyl (C=O) groups is 2. The molecule has 2 amide bonds. The summed E-state index contributed by atoms with van der Waals surface area (Å²) in [6.45, 7) is 4.70. The molecule has 2 heterocycles. The molecular formula is C19H27N3O2. The van der Waals surface area contributed by atoms with Gasteiger partial charge >= 0.3 is 0 Å². The second kappa shape index (κ2) is 7.79. The van der Waals surface area contributed by atoms with E-state index >= 15 is 0 Å². The van der Waals surface area contributed by atoms with E-state index in [9.17, 15) is 9.59 Å². The fraction of sp³-hybridized carbons (Fsp3) is 0.579. The van der Waals surface area contributed by atoms with Gasteiger partial charge in [0.1, 0.15) is 0 Å². The lowest BCUT2D eigenvalue weighted by atomic mass is 10.0. The van der Waals surface area contributed by atoms with E-state index in [1.807, 2.05) is 35.2 Å². The van der Waals surface area contributed by atoms with Gasteiger partial charge in [-0.2, -0.15) is 0 Å². The zero-order valence-corrected chi connectivity index (χ0v) is 14.4. The topological polar surface area (TPSA) is 52.7 Å². The van der Waals surface area contributed by atoms with Crippen molar-refractivity contribution in [3.05, 3.63) is 35.9 Å². The number of benzene rings is 1. The highest BCUT2D eigenvalue weighted by Crippen LogP contribution is 2.26. The van der Waals surface area contributed by atoms with Crippen LogP contribution in [0.1, 0.15) is 44.2 Å². The molecular weight excluding hydrogens is 302 g/mol. The summed E-state index contributed by atoms with van der Waals surface area (Å²) in [5, 5.41) is 2.93. The lowest BCUT2D eigenvalue weighted by Crippen LogP contribution is -2.47. The average Bonchev–Trinajstić information content (AvgIpc) is 2.77. The van der Waals surface area contributed by atoms with Crippen molar-refractivity contribution in [1.82, 2.24) is 15.1 Å². The number of hydrogen-bond donors (Lipinski definition) is 1. The number of likely N-dealkylation sites (tertiary alicyclic amines) is 1. The molecule has 1 aromatic rings. The van der Waals surface area contributed by atoms with Crippen molar-refractivity contribution in [2.45, 2.75) is 44.7 Å². The van der Waals surface area contributed by atoms with Gasteiger partial charge in [0.2, 0.25) is 11.8 Å². The molecule has 130 valence electrons. The maximum absolute atomic E-state index is 12.8. The Morgan fingerprint density at radius 2 is 2.00 bits per heavy atom. The summed E-state index contributed by atoms with van der Waals surface area (Å²) >= 11 is 0. The Kier molecular flexibility index (Phi) is 5.51. The Bertz CT molecular complexity index is 575. The van der Waals surface area contributed by atoms with E-state index in [-0.39, 0.29) is 17.9 Å². The van der Waals surface area contributed by atoms with Crippen LogP contribution in [0.15, 0.2) is 30.3 Å². The standard InChI is InChI=1S/C19H27N3O2/c1-15-7-5-6-11-22(15)19(24)14-21-12-10-20-18(23)13-17(21)16-8-3-2-4-9-16/h2-4,8-9,15,17H,5-7,10-14H2,1H3,(H,20,23)/t15-,17-/m1/s1. The summed E-state index contributed by atoms with van der Waals surface area (Å²) in [5.41, 5.74) is 1.11. The van der Waals surface area contributed by atoms with Gasteiger partial charge in [0.15, 0.2) is 0 Å². The number of amides is 2. The first-order valence-electron chi connectivity index (χ1n) is 9.00. The van der Waals surface area contributed by atoms with Crippen LogP contribution in [-0.2, 0) is 9.59 Å². The summed E-state index contributed by atoms with van der Waals surface area (Å²) in [4.78, 5) is 29.0. The van der Waals surface area contributed by atoms with Crippen LogP contribution >= 0.6 is 0 Å². The van der Waals surface area contributed by atoms with Crippen molar-refractivity contribution in [1.29, 1.82) is 0 Å². The lowest BCUT2D eigenvalue weighted by molar-refractivity contribution is -0.136. The summed E-state index contributed by atoms with van der Waals surface area (Å²) in [5.74, 6) is 0.252. The highest BCUT2D eigenvalue weighted by Gasteiger charge is 2.30. The van der Waals surface area contributed by atoms with Gasteiger partial charge in [-0.25, -0.2) is 0 Å². The molecule has 1 N–H and O–H groups in total. The van der Waals surface area contributed by atoms with Gasteiger partial charge in [0, 0.05) is 38.1 Å². The van der Waals surface area contributed by atoms with Crippen molar-refractivity contribution < 1.29 is 9.59 Å². The van der Waals surface area contributed by atoms with Crippen molar-refractivity contribution in [2.75, 3.05) is 26.2 Å². The third-order valence-corrected chi connectivity index (χ3v) is 5.19. The van der Waals surface area contributed by atoms with Gasteiger partial charge in [-0.15, -0.1) is 0 Å². The van der Waals surface area contributed by atoms with E-state index < -0.39 is 0 Å². The number of piperidine rings is 1. The summed E-state index contributed by atoms with van der Waals surface area (Å²) in [6.07, 6.45) is 3.80. The lowest BCUT2D eigenvalue weighted by Gasteiger charge is -2.36. The van der Waals surface area contributed by atoms with Gasteiger partial charge in [-0.1, -0.05) is 30.3 Å². The van der Waals surface area contributed by atoms with Crippen molar-refractivity contribution in [3.8, 4) is 0 Å². The molecule has 2 saturated heterocycles. The molecule has 24 heavy (non-hydrogen) atoms. The van der Waals surface area contributed by atoms with Crippen LogP contribution in [-0.4, -0.2) is 53.8 Å². The zero-order valence-electron chi connectivity index (χ0n) is 14.4. The molecule has 0 saturated carbocycles. The molecule has 0 aromatic heterocycles. The maximum Gasteiger partial charge on any atom is 0.237 e. The van der Waals surface area contributed by atoms with Crippen LogP contribution in [0.2, 0.25) is 0 Å². The SMILES string of the molecule is C[C@@H]1CCCCN1C(=O)CN1CCNC(=O)C[C@@H]1c1ccccc1. The van der Waals surface area contributed by atoms with Crippen LogP contribution < -0.4 is 5.32 Å². The maximum atomic E-state index is 12.8. The molecule has 5 heteroatoms. The fourth-order valence-electron chi connectivity index (χ4n) is 3.80. The predicted molar refractivity (Wildman–Crippen MR) is 93.4 cm³/mol. The summed E-state index contributed by atoms with van der Waals surface area (Å²) in [6, 6.07) is 10.3. The van der Waals surface area contributed by atoms with Crippen molar-refractivity contribution in [3.63, 3.8) is 0 Å². The monoisotopic (exact) mass is 329 g/mol. The van der Waals surface area contributed by atoms with E-state index in [0.717, 1.165) is 24.9 Å². The average molecular weight is 329 g/mol. The molecule has 3 rings (SSSR count). The molecule has 5 nitrogen and oxygen atoms in total. The third-order valence-electron chi connectivity index (χ3n) is 5.19. The quantitative estimate of drug-likeness (QED) is 0.922. The summed E-state index contributed by atoms with van der Waals surface area (Å²) in [7, 11) is 0. The minimum Gasteiger partial charge on any atom is -0.355 e. The number of nitrogens with zero attached hydrogens (tertiary/aromatic N) is 2. The minimum atomic E-state index is -0.0299. The second-order valence-corrected chi connectivity index (χ2v) is 6.88. The van der Waals surface area contributed by atoms with E-state index in [0.29, 0.717) is 32.1 Å². The Morgan fingerprint density at radius 3 is 2.75 bits per heavy atom. The first kappa shape index (κ1) is 17.0. The van der Waals surface area contributed by atoms with Crippen LogP contribution in [0.4, 0.5) is 0 Å². The molecule has 2 aliphatic rings. The second-order valence-electron chi connectivity index (χ2n) is 6.88. The van der Waals surface area contributed by atoms with Crippen molar-refractivity contribution >= 4 is 11.8 Å². The highest BCUT2D eigenvalue weighted by molar-refractivity contribution is 5.80. The van der Waals surface area contributed by atoms with Gasteiger partial charge in [0.25, 0.3) is 0 Å². The van der Waals surface area contributed by atoms with E-state index in [1.54, 1.807) is 0 Å². The molecule has 0 aliphatic carbocycles. The zero-order chi connectivity index (χ0) is 16.9. The molecule has 2 fully saturated rings. The molecule has 0 radical (unpaired) electrons. The fourth-order valence-corrected chi connectivity index (χ4v) is 3.80. The minimum absolute atomic E-state index is 0.0299. The molecule has 1 aromatic carbocycles. The Labute approximate surface area is 144 Å². The van der Waals surface area contributed by atoms with Gasteiger partial charge in [-0.3, -0.25) is 14.5 Å². The Morgan fingerprint density at radius 1 is 1.21 bits per heavy atom. The molecule has 2 atom stereocenters. The summed E-state index contributed by atoms with van der Waals surface area (Å²) < 4.78 is 0. The number of nitrogens with one attached hydrogen (secondary N) is 1. The first-order valence-corrected chi connectivity index (χ1v) is 9.00. The number of rotatable bonds is 3. The predicted octanol–water partition coefficient (Wildman–Crippen LogP) is 1.95. The van der Waals surface area contributed by atoms with Crippen LogP contribution in [0.3, 0.4) is 0 Å². The van der Waals surface area contributed by atoms with E-state index in [1.165, 1.54) is 6.42 Å². The molecule has 2 aliphatic heterocycles. The van der Waals surface area contributed by atoms with Crippen LogP contribution in [0.25, 0.3) is 0 Å². The number of carbonyl (C=O) groups excluding carboxylic acids is 2. The van der Waals surface area contributed by atoms with Crippen molar-refractivity contribution in [2.24, 2.45) is 0 Å². The van der Waals surface area contributed by atoms with E-state index in [4.69, 9.17) is 0 Å². The smallest absolute Gasteiger partial charge is 0.237 e. The number of hydrogen-bond acceptors (Lipinski definition) is 3. The van der Waals surface area contributed by atoms with E-state index in [2.05, 4.69) is 17.1 Å². The molecule has 0 spiro atoms. The Balaban J connectivity index is 1.75. The Hall–Kier alpha value is -1.88. The van der Waals surface area contributed by atoms with Crippen LogP contribution in [0, 0.1) is 0 Å². The van der Waals surface area contributed by atoms with Gasteiger partial charge < -0.3 is 10.2 Å². The van der Waals surface area contributed by atoms with Gasteiger partial charge in [-0.05, 0) is 31.7 Å². The molecule has 0 bridgehead atoms.